The third-order valence-corrected chi connectivity index (χ3v) is 4.94. The Balaban J connectivity index is 1.35. The lowest BCUT2D eigenvalue weighted by molar-refractivity contribution is 0.0946. The lowest BCUT2D eigenvalue weighted by atomic mass is 10.2. The minimum absolute atomic E-state index is 0.138. The zero-order valence-electron chi connectivity index (χ0n) is 14.5. The lowest BCUT2D eigenvalue weighted by Gasteiger charge is -2.33. The third kappa shape index (κ3) is 3.82. The molecule has 2 N–H and O–H groups in total. The Kier molecular flexibility index (Phi) is 4.40. The van der Waals surface area contributed by atoms with Crippen LogP contribution in [0.1, 0.15) is 40.5 Å². The van der Waals surface area contributed by atoms with Crippen LogP contribution in [0, 0.1) is 0 Å². The van der Waals surface area contributed by atoms with E-state index in [9.17, 15) is 4.79 Å². The van der Waals surface area contributed by atoms with Gasteiger partial charge in [-0.05, 0) is 43.7 Å². The van der Waals surface area contributed by atoms with Gasteiger partial charge in [0.15, 0.2) is 0 Å². The van der Waals surface area contributed by atoms with Gasteiger partial charge < -0.3 is 15.1 Å². The average Bonchev–Trinajstić information content (AvgIpc) is 3.37. The van der Waals surface area contributed by atoms with Crippen molar-refractivity contribution in [2.45, 2.75) is 25.3 Å². The van der Waals surface area contributed by atoms with Crippen LogP contribution in [-0.2, 0) is 6.54 Å². The minimum Gasteiger partial charge on any atom is -0.354 e. The van der Waals surface area contributed by atoms with E-state index in [2.05, 4.69) is 43.4 Å². The summed E-state index contributed by atoms with van der Waals surface area (Å²) in [7, 11) is 2.14. The smallest absolute Gasteiger partial charge is 0.272 e. The topological polar surface area (TPSA) is 77.1 Å². The number of nitrogens with zero attached hydrogens (tertiary/aromatic N) is 4. The molecule has 0 bridgehead atoms. The van der Waals surface area contributed by atoms with Gasteiger partial charge in [0, 0.05) is 50.5 Å². The fourth-order valence-electron chi connectivity index (χ4n) is 3.11. The number of hydrogen-bond donors (Lipinski definition) is 2. The summed E-state index contributed by atoms with van der Waals surface area (Å²) in [6.07, 6.45) is 4.19. The summed E-state index contributed by atoms with van der Waals surface area (Å²) >= 11 is 0. The Morgan fingerprint density at radius 1 is 1.28 bits per heavy atom. The van der Waals surface area contributed by atoms with E-state index in [0.717, 1.165) is 43.3 Å². The van der Waals surface area contributed by atoms with Crippen LogP contribution in [0.4, 0.5) is 5.82 Å². The molecule has 1 aliphatic carbocycles. The maximum absolute atomic E-state index is 12.3. The van der Waals surface area contributed by atoms with Gasteiger partial charge >= 0.3 is 0 Å². The van der Waals surface area contributed by atoms with Gasteiger partial charge in [0.25, 0.3) is 5.91 Å². The van der Waals surface area contributed by atoms with Crippen molar-refractivity contribution < 1.29 is 4.79 Å². The second-order valence-electron chi connectivity index (χ2n) is 6.98. The van der Waals surface area contributed by atoms with E-state index in [-0.39, 0.29) is 5.91 Å². The molecule has 132 valence electrons. The van der Waals surface area contributed by atoms with Gasteiger partial charge in [0.1, 0.15) is 11.5 Å². The highest BCUT2D eigenvalue weighted by atomic mass is 16.1. The van der Waals surface area contributed by atoms with Crippen LogP contribution in [0.5, 0.6) is 0 Å². The number of carbonyl (C=O) groups excluding carboxylic acids is 1. The molecular formula is C18H24N6O. The molecule has 2 aliphatic rings. The highest BCUT2D eigenvalue weighted by Gasteiger charge is 2.26. The van der Waals surface area contributed by atoms with Gasteiger partial charge in [-0.15, -0.1) is 0 Å². The number of H-pyrrole nitrogens is 1. The number of carbonyl (C=O) groups is 1. The van der Waals surface area contributed by atoms with E-state index in [1.54, 1.807) is 0 Å². The predicted octanol–water partition coefficient (Wildman–Crippen LogP) is 1.36. The number of hydrogen-bond acceptors (Lipinski definition) is 5. The van der Waals surface area contributed by atoms with E-state index in [4.69, 9.17) is 0 Å². The van der Waals surface area contributed by atoms with Crippen LogP contribution < -0.4 is 10.2 Å². The summed E-state index contributed by atoms with van der Waals surface area (Å²) in [6, 6.07) is 5.88. The molecule has 4 rings (SSSR count). The zero-order valence-corrected chi connectivity index (χ0v) is 14.5. The Morgan fingerprint density at radius 3 is 2.84 bits per heavy atom. The van der Waals surface area contributed by atoms with Crippen molar-refractivity contribution in [3.63, 3.8) is 0 Å². The molecule has 0 atom stereocenters. The maximum Gasteiger partial charge on any atom is 0.272 e. The molecule has 0 spiro atoms. The van der Waals surface area contributed by atoms with E-state index < -0.39 is 0 Å². The van der Waals surface area contributed by atoms with Crippen molar-refractivity contribution in [2.75, 3.05) is 38.1 Å². The van der Waals surface area contributed by atoms with Crippen molar-refractivity contribution in [3.05, 3.63) is 41.3 Å². The number of nitrogens with one attached hydrogen (secondary N) is 2. The molecule has 2 aromatic heterocycles. The minimum atomic E-state index is -0.138. The normalized spacial score (nSPS) is 18.4. The third-order valence-electron chi connectivity index (χ3n) is 4.94. The van der Waals surface area contributed by atoms with Crippen molar-refractivity contribution in [3.8, 4) is 0 Å². The van der Waals surface area contributed by atoms with Gasteiger partial charge in [-0.25, -0.2) is 4.98 Å². The summed E-state index contributed by atoms with van der Waals surface area (Å²) < 4.78 is 0. The molecule has 7 nitrogen and oxygen atoms in total. The fourth-order valence-corrected chi connectivity index (χ4v) is 3.11. The van der Waals surface area contributed by atoms with Gasteiger partial charge in [-0.1, -0.05) is 0 Å². The average molecular weight is 340 g/mol. The Morgan fingerprint density at radius 2 is 2.08 bits per heavy atom. The van der Waals surface area contributed by atoms with Gasteiger partial charge in [-0.3, -0.25) is 9.89 Å². The highest BCUT2D eigenvalue weighted by molar-refractivity contribution is 5.92. The summed E-state index contributed by atoms with van der Waals surface area (Å²) in [4.78, 5) is 21.4. The molecule has 25 heavy (non-hydrogen) atoms. The van der Waals surface area contributed by atoms with Crippen LogP contribution >= 0.6 is 0 Å². The Hall–Kier alpha value is -2.41. The predicted molar refractivity (Wildman–Crippen MR) is 95.7 cm³/mol. The number of anilines is 1. The molecule has 1 saturated heterocycles. The number of aromatic amines is 1. The molecule has 2 aromatic rings. The molecule has 0 radical (unpaired) electrons. The first-order chi connectivity index (χ1) is 12.2. The Labute approximate surface area is 147 Å². The molecular weight excluding hydrogens is 316 g/mol. The number of aromatic nitrogens is 3. The number of pyridine rings is 1. The van der Waals surface area contributed by atoms with Crippen molar-refractivity contribution in [1.82, 2.24) is 25.4 Å². The molecule has 7 heteroatoms. The maximum atomic E-state index is 12.3. The number of likely N-dealkylation sites (N-methyl/N-ethyl adjacent to an activating group) is 1. The van der Waals surface area contributed by atoms with Crippen molar-refractivity contribution in [1.29, 1.82) is 0 Å². The first-order valence-corrected chi connectivity index (χ1v) is 8.91. The molecule has 3 heterocycles. The van der Waals surface area contributed by atoms with Crippen LogP contribution in [0.25, 0.3) is 0 Å². The SMILES string of the molecule is CN1CCN(c2cc(CNC(=O)c3cc(C4CC4)[nH]n3)ccn2)CC1. The van der Waals surface area contributed by atoms with Gasteiger partial charge in [0.2, 0.25) is 0 Å². The molecule has 0 aromatic carbocycles. The van der Waals surface area contributed by atoms with Crippen molar-refractivity contribution in [2.24, 2.45) is 0 Å². The second-order valence-corrected chi connectivity index (χ2v) is 6.98. The monoisotopic (exact) mass is 340 g/mol. The summed E-state index contributed by atoms with van der Waals surface area (Å²) in [5, 5.41) is 10.0. The summed E-state index contributed by atoms with van der Waals surface area (Å²) in [5.41, 5.74) is 2.59. The largest absolute Gasteiger partial charge is 0.354 e. The first kappa shape index (κ1) is 16.1. The fraction of sp³-hybridized carbons (Fsp3) is 0.500. The summed E-state index contributed by atoms with van der Waals surface area (Å²) in [6.45, 7) is 4.54. The standard InChI is InChI=1S/C18H24N6O/c1-23-6-8-24(9-7-23)17-10-13(4-5-19-17)12-20-18(25)16-11-15(21-22-16)14-2-3-14/h4-5,10-11,14H,2-3,6-9,12H2,1H3,(H,20,25)(H,21,22). The molecule has 1 aliphatic heterocycles. The van der Waals surface area contributed by atoms with E-state index in [1.165, 1.54) is 12.8 Å². The van der Waals surface area contributed by atoms with Gasteiger partial charge in [-0.2, -0.15) is 5.10 Å². The zero-order chi connectivity index (χ0) is 17.2. The number of amides is 1. The number of rotatable bonds is 5. The van der Waals surface area contributed by atoms with Crippen LogP contribution in [0.15, 0.2) is 24.4 Å². The molecule has 2 fully saturated rings. The van der Waals surface area contributed by atoms with Crippen LogP contribution in [-0.4, -0.2) is 59.2 Å². The van der Waals surface area contributed by atoms with E-state index in [1.807, 2.05) is 18.3 Å². The van der Waals surface area contributed by atoms with Crippen LogP contribution in [0.2, 0.25) is 0 Å². The van der Waals surface area contributed by atoms with E-state index in [0.29, 0.717) is 18.2 Å². The molecule has 0 unspecified atom stereocenters. The number of piperazine rings is 1. The van der Waals surface area contributed by atoms with Gasteiger partial charge in [0.05, 0.1) is 0 Å². The van der Waals surface area contributed by atoms with Crippen molar-refractivity contribution >= 4 is 11.7 Å². The quantitative estimate of drug-likeness (QED) is 0.859. The highest BCUT2D eigenvalue weighted by Crippen LogP contribution is 2.38. The second kappa shape index (κ2) is 6.84. The lowest BCUT2D eigenvalue weighted by Crippen LogP contribution is -2.44. The summed E-state index contributed by atoms with van der Waals surface area (Å²) in [5.74, 6) is 1.41. The first-order valence-electron chi connectivity index (χ1n) is 8.91. The van der Waals surface area contributed by atoms with Crippen LogP contribution in [0.3, 0.4) is 0 Å². The molecule has 1 amide bonds. The van der Waals surface area contributed by atoms with E-state index >= 15 is 0 Å². The molecule has 1 saturated carbocycles. The Bertz CT molecular complexity index is 746.